The predicted molar refractivity (Wildman–Crippen MR) is 115 cm³/mol. The number of amides is 1. The van der Waals surface area contributed by atoms with E-state index in [1.807, 2.05) is 54.6 Å². The molecule has 0 aromatic heterocycles. The lowest BCUT2D eigenvalue weighted by Crippen LogP contribution is -2.36. The molecule has 0 unspecified atom stereocenters. The molecule has 1 aliphatic rings. The molecule has 4 rings (SSSR count). The van der Waals surface area contributed by atoms with E-state index in [1.165, 1.54) is 0 Å². The van der Waals surface area contributed by atoms with Gasteiger partial charge in [0.1, 0.15) is 5.75 Å². The molecular weight excluding hydrogens is 366 g/mol. The molecule has 3 aromatic rings. The Hall–Kier alpha value is -3.38. The van der Waals surface area contributed by atoms with Crippen molar-refractivity contribution in [3.8, 4) is 5.75 Å². The number of methoxy groups -OCH3 is 1. The third-order valence-corrected chi connectivity index (χ3v) is 4.97. The number of morpholine rings is 1. The molecule has 1 aliphatic heterocycles. The highest BCUT2D eigenvalue weighted by molar-refractivity contribution is 5.99. The monoisotopic (exact) mass is 389 g/mol. The molecule has 6 heteroatoms. The molecular formula is C23H23N3O3. The summed E-state index contributed by atoms with van der Waals surface area (Å²) in [5.74, 6) is 0.452. The maximum Gasteiger partial charge on any atom is 0.271 e. The number of hydrazone groups is 1. The first-order chi connectivity index (χ1) is 14.2. The van der Waals surface area contributed by atoms with Gasteiger partial charge in [0, 0.05) is 36.0 Å². The number of nitrogens with one attached hydrogen (secondary N) is 1. The first-order valence-corrected chi connectivity index (χ1v) is 9.57. The Balaban J connectivity index is 1.45. The highest BCUT2D eigenvalue weighted by atomic mass is 16.5. The minimum absolute atomic E-state index is 0.254. The Kier molecular flexibility index (Phi) is 5.72. The van der Waals surface area contributed by atoms with Crippen molar-refractivity contribution in [1.29, 1.82) is 0 Å². The van der Waals surface area contributed by atoms with Crippen molar-refractivity contribution in [3.63, 3.8) is 0 Å². The van der Waals surface area contributed by atoms with Gasteiger partial charge in [-0.1, -0.05) is 30.3 Å². The van der Waals surface area contributed by atoms with Gasteiger partial charge in [-0.05, 0) is 35.0 Å². The summed E-state index contributed by atoms with van der Waals surface area (Å²) >= 11 is 0. The van der Waals surface area contributed by atoms with Crippen LogP contribution in [0.5, 0.6) is 5.75 Å². The molecule has 1 amide bonds. The minimum Gasteiger partial charge on any atom is -0.496 e. The second kappa shape index (κ2) is 8.75. The largest absolute Gasteiger partial charge is 0.496 e. The van der Waals surface area contributed by atoms with Gasteiger partial charge in [-0.2, -0.15) is 5.10 Å². The first-order valence-electron chi connectivity index (χ1n) is 9.57. The van der Waals surface area contributed by atoms with Gasteiger partial charge >= 0.3 is 0 Å². The van der Waals surface area contributed by atoms with Crippen LogP contribution in [0.25, 0.3) is 10.8 Å². The Bertz CT molecular complexity index is 1040. The van der Waals surface area contributed by atoms with Crippen LogP contribution in [0.1, 0.15) is 15.9 Å². The number of benzene rings is 3. The van der Waals surface area contributed by atoms with Crippen molar-refractivity contribution in [2.24, 2.45) is 5.10 Å². The van der Waals surface area contributed by atoms with Crippen molar-refractivity contribution in [3.05, 3.63) is 71.8 Å². The molecule has 6 nitrogen and oxygen atoms in total. The van der Waals surface area contributed by atoms with E-state index in [9.17, 15) is 4.79 Å². The van der Waals surface area contributed by atoms with Gasteiger partial charge in [0.15, 0.2) is 0 Å². The summed E-state index contributed by atoms with van der Waals surface area (Å²) in [7, 11) is 1.63. The van der Waals surface area contributed by atoms with Gasteiger partial charge in [-0.3, -0.25) is 4.79 Å². The number of hydrogen-bond acceptors (Lipinski definition) is 5. The molecule has 1 saturated heterocycles. The van der Waals surface area contributed by atoms with E-state index in [-0.39, 0.29) is 5.91 Å². The van der Waals surface area contributed by atoms with Gasteiger partial charge < -0.3 is 14.4 Å². The molecule has 29 heavy (non-hydrogen) atoms. The molecule has 0 bridgehead atoms. The molecule has 0 spiro atoms. The highest BCUT2D eigenvalue weighted by Gasteiger charge is 2.13. The fraction of sp³-hybridized carbons (Fsp3) is 0.217. The number of carbonyl (C=O) groups is 1. The molecule has 1 N–H and O–H groups in total. The van der Waals surface area contributed by atoms with Crippen molar-refractivity contribution >= 4 is 28.6 Å². The van der Waals surface area contributed by atoms with Crippen LogP contribution in [0.15, 0.2) is 65.8 Å². The number of fused-ring (bicyclic) bond motifs is 1. The molecule has 0 aliphatic carbocycles. The van der Waals surface area contributed by atoms with E-state index in [4.69, 9.17) is 9.47 Å². The molecule has 0 atom stereocenters. The molecule has 1 fully saturated rings. The zero-order valence-electron chi connectivity index (χ0n) is 16.3. The van der Waals surface area contributed by atoms with Crippen LogP contribution in [0.4, 0.5) is 5.69 Å². The van der Waals surface area contributed by atoms with Crippen LogP contribution < -0.4 is 15.1 Å². The average Bonchev–Trinajstić information content (AvgIpc) is 2.79. The summed E-state index contributed by atoms with van der Waals surface area (Å²) in [6.07, 6.45) is 1.60. The van der Waals surface area contributed by atoms with Crippen LogP contribution in [-0.2, 0) is 4.74 Å². The van der Waals surface area contributed by atoms with Crippen LogP contribution >= 0.6 is 0 Å². The molecule has 0 radical (unpaired) electrons. The van der Waals surface area contributed by atoms with Crippen molar-refractivity contribution in [1.82, 2.24) is 5.43 Å². The second-order valence-corrected chi connectivity index (χ2v) is 6.79. The number of carbonyl (C=O) groups excluding carboxylic acids is 1. The number of anilines is 1. The smallest absolute Gasteiger partial charge is 0.271 e. The van der Waals surface area contributed by atoms with Gasteiger partial charge in [-0.25, -0.2) is 5.43 Å². The normalized spacial score (nSPS) is 14.3. The van der Waals surface area contributed by atoms with E-state index >= 15 is 0 Å². The van der Waals surface area contributed by atoms with E-state index in [0.29, 0.717) is 11.3 Å². The number of rotatable bonds is 5. The maximum absolute atomic E-state index is 12.4. The maximum atomic E-state index is 12.4. The van der Waals surface area contributed by atoms with E-state index < -0.39 is 0 Å². The lowest BCUT2D eigenvalue weighted by atomic mass is 10.1. The fourth-order valence-electron chi connectivity index (χ4n) is 3.38. The Morgan fingerprint density at radius 1 is 1.07 bits per heavy atom. The van der Waals surface area contributed by atoms with Gasteiger partial charge in [0.2, 0.25) is 0 Å². The van der Waals surface area contributed by atoms with Crippen molar-refractivity contribution in [2.45, 2.75) is 0 Å². The minimum atomic E-state index is -0.254. The Labute approximate surface area is 169 Å². The van der Waals surface area contributed by atoms with Crippen molar-refractivity contribution < 1.29 is 14.3 Å². The lowest BCUT2D eigenvalue weighted by Gasteiger charge is -2.29. The summed E-state index contributed by atoms with van der Waals surface area (Å²) in [5.41, 5.74) is 5.04. The number of ether oxygens (including phenoxy) is 2. The van der Waals surface area contributed by atoms with Gasteiger partial charge in [0.25, 0.3) is 5.91 Å². The third-order valence-electron chi connectivity index (χ3n) is 4.97. The predicted octanol–water partition coefficient (Wildman–Crippen LogP) is 3.45. The summed E-state index contributed by atoms with van der Waals surface area (Å²) in [5, 5.41) is 6.22. The Morgan fingerprint density at radius 3 is 2.66 bits per heavy atom. The summed E-state index contributed by atoms with van der Waals surface area (Å²) in [6, 6.07) is 19.5. The molecule has 0 saturated carbocycles. The summed E-state index contributed by atoms with van der Waals surface area (Å²) in [6.45, 7) is 3.18. The standard InChI is InChI=1S/C23H23N3O3/c1-28-22-15-21(26-10-12-29-13-11-26)9-8-20(22)16-24-25-23(27)19-7-6-17-4-2-3-5-18(17)14-19/h2-9,14-16H,10-13H2,1H3,(H,25,27)/b24-16-. The Morgan fingerprint density at radius 2 is 1.86 bits per heavy atom. The average molecular weight is 389 g/mol. The van der Waals surface area contributed by atoms with Crippen molar-refractivity contribution in [2.75, 3.05) is 38.3 Å². The quantitative estimate of drug-likeness (QED) is 0.536. The molecule has 148 valence electrons. The molecule has 1 heterocycles. The number of nitrogens with zero attached hydrogens (tertiary/aromatic N) is 2. The SMILES string of the molecule is COc1cc(N2CCOCC2)ccc1/C=N\NC(=O)c1ccc2ccccc2c1. The molecule has 3 aromatic carbocycles. The number of hydrogen-bond donors (Lipinski definition) is 1. The summed E-state index contributed by atoms with van der Waals surface area (Å²) in [4.78, 5) is 14.7. The van der Waals surface area contributed by atoms with Gasteiger partial charge in [-0.15, -0.1) is 0 Å². The zero-order valence-corrected chi connectivity index (χ0v) is 16.3. The van der Waals surface area contributed by atoms with Crippen LogP contribution in [0.3, 0.4) is 0 Å². The fourth-order valence-corrected chi connectivity index (χ4v) is 3.38. The van der Waals surface area contributed by atoms with Crippen LogP contribution in [0, 0.1) is 0 Å². The van der Waals surface area contributed by atoms with Crippen LogP contribution in [0.2, 0.25) is 0 Å². The topological polar surface area (TPSA) is 63.2 Å². The third kappa shape index (κ3) is 4.38. The summed E-state index contributed by atoms with van der Waals surface area (Å²) < 4.78 is 10.9. The first kappa shape index (κ1) is 19.0. The highest BCUT2D eigenvalue weighted by Crippen LogP contribution is 2.25. The van der Waals surface area contributed by atoms with E-state index in [0.717, 1.165) is 48.3 Å². The zero-order chi connectivity index (χ0) is 20.1. The lowest BCUT2D eigenvalue weighted by molar-refractivity contribution is 0.0955. The van der Waals surface area contributed by atoms with Crippen LogP contribution in [-0.4, -0.2) is 45.5 Å². The second-order valence-electron chi connectivity index (χ2n) is 6.79. The van der Waals surface area contributed by atoms with Gasteiger partial charge in [0.05, 0.1) is 26.5 Å². The van der Waals surface area contributed by atoms with E-state index in [1.54, 1.807) is 19.4 Å². The van der Waals surface area contributed by atoms with E-state index in [2.05, 4.69) is 15.4 Å².